The largest absolute Gasteiger partial charge is 0.573 e. The van der Waals surface area contributed by atoms with Gasteiger partial charge < -0.3 is 19.5 Å². The molecule has 0 spiro atoms. The van der Waals surface area contributed by atoms with E-state index in [1.54, 1.807) is 7.05 Å². The molecule has 0 aliphatic rings. The zero-order valence-electron chi connectivity index (χ0n) is 17.2. The summed E-state index contributed by atoms with van der Waals surface area (Å²) in [6.07, 6.45) is -2.68. The second kappa shape index (κ2) is 9.67. The smallest absolute Gasteiger partial charge is 0.496 e. The van der Waals surface area contributed by atoms with Gasteiger partial charge in [-0.25, -0.2) is 9.97 Å². The van der Waals surface area contributed by atoms with E-state index in [1.165, 1.54) is 25.3 Å². The van der Waals surface area contributed by atoms with E-state index in [9.17, 15) is 13.2 Å². The van der Waals surface area contributed by atoms with E-state index in [2.05, 4.69) is 20.0 Å². The van der Waals surface area contributed by atoms with Crippen LogP contribution in [0.2, 0.25) is 0 Å². The Labute approximate surface area is 168 Å². The number of nitrogens with zero attached hydrogens (tertiary/aromatic N) is 2. The highest BCUT2D eigenvalue weighted by Gasteiger charge is 2.31. The molecule has 0 unspecified atom stereocenters. The molecule has 0 atom stereocenters. The number of rotatable bonds is 9. The molecule has 29 heavy (non-hydrogen) atoms. The zero-order valence-corrected chi connectivity index (χ0v) is 17.2. The van der Waals surface area contributed by atoms with Crippen LogP contribution >= 0.6 is 0 Å². The van der Waals surface area contributed by atoms with Crippen molar-refractivity contribution >= 4 is 5.82 Å². The minimum Gasteiger partial charge on any atom is -0.496 e. The van der Waals surface area contributed by atoms with Crippen LogP contribution in [-0.4, -0.2) is 36.6 Å². The number of aromatic nitrogens is 2. The summed E-state index contributed by atoms with van der Waals surface area (Å²) in [5.74, 6) is 0.761. The van der Waals surface area contributed by atoms with E-state index in [0.29, 0.717) is 40.8 Å². The van der Waals surface area contributed by atoms with Gasteiger partial charge >= 0.3 is 6.36 Å². The van der Waals surface area contributed by atoms with Crippen molar-refractivity contribution in [2.45, 2.75) is 52.5 Å². The Bertz CT molecular complexity index is 825. The van der Waals surface area contributed by atoms with Gasteiger partial charge in [-0.3, -0.25) is 0 Å². The molecule has 0 aliphatic heterocycles. The first-order valence-electron chi connectivity index (χ1n) is 9.45. The number of alkyl halides is 3. The molecule has 2 aromatic rings. The van der Waals surface area contributed by atoms with Gasteiger partial charge in [0.05, 0.1) is 18.5 Å². The first-order valence-corrected chi connectivity index (χ1v) is 9.45. The fraction of sp³-hybridized carbons (Fsp3) is 0.500. The first-order chi connectivity index (χ1) is 13.8. The lowest BCUT2D eigenvalue weighted by Gasteiger charge is -2.20. The van der Waals surface area contributed by atoms with Gasteiger partial charge in [-0.15, -0.1) is 13.2 Å². The molecule has 0 bridgehead atoms. The predicted octanol–water partition coefficient (Wildman–Crippen LogP) is 5.22. The number of anilines is 1. The molecular weight excluding hydrogens is 387 g/mol. The maximum absolute atomic E-state index is 12.7. The fourth-order valence-corrected chi connectivity index (χ4v) is 2.84. The average Bonchev–Trinajstić information content (AvgIpc) is 2.70. The maximum Gasteiger partial charge on any atom is 0.573 e. The van der Waals surface area contributed by atoms with Gasteiger partial charge in [0, 0.05) is 12.6 Å². The van der Waals surface area contributed by atoms with Crippen LogP contribution < -0.4 is 19.5 Å². The lowest BCUT2D eigenvalue weighted by atomic mass is 10.1. The number of ether oxygens (including phenoxy) is 3. The molecule has 0 saturated heterocycles. The van der Waals surface area contributed by atoms with Crippen LogP contribution in [-0.2, 0) is 6.42 Å². The molecule has 0 aliphatic carbocycles. The highest BCUT2D eigenvalue weighted by Crippen LogP contribution is 2.37. The summed E-state index contributed by atoms with van der Waals surface area (Å²) in [6, 6.07) is 3.85. The van der Waals surface area contributed by atoms with Crippen molar-refractivity contribution in [2.24, 2.45) is 0 Å². The van der Waals surface area contributed by atoms with E-state index in [-0.39, 0.29) is 11.9 Å². The molecule has 1 heterocycles. The van der Waals surface area contributed by atoms with Gasteiger partial charge in [0.1, 0.15) is 17.6 Å². The maximum atomic E-state index is 12.7. The van der Waals surface area contributed by atoms with Gasteiger partial charge in [0.15, 0.2) is 5.82 Å². The third kappa shape index (κ3) is 5.65. The standard InChI is InChI=1S/C20H26F3N3O3/c1-6-12(7-2)28-19-18(24-4)26-17(15(8-3)25-19)14-11-13(29-20(21,22)23)9-10-16(14)27-5/h9-12H,6-8H2,1-5H3,(H,24,26). The molecule has 0 fully saturated rings. The number of hydrogen-bond donors (Lipinski definition) is 1. The minimum atomic E-state index is -4.80. The van der Waals surface area contributed by atoms with Crippen LogP contribution in [0.3, 0.4) is 0 Å². The summed E-state index contributed by atoms with van der Waals surface area (Å²) in [5, 5.41) is 2.95. The van der Waals surface area contributed by atoms with E-state index in [1.807, 2.05) is 20.8 Å². The summed E-state index contributed by atoms with van der Waals surface area (Å²) in [5.41, 5.74) is 1.33. The van der Waals surface area contributed by atoms with Crippen molar-refractivity contribution in [3.05, 3.63) is 23.9 Å². The normalized spacial score (nSPS) is 11.5. The molecule has 0 amide bonds. The molecule has 1 aromatic heterocycles. The number of aryl methyl sites for hydroxylation is 1. The molecule has 0 radical (unpaired) electrons. The van der Waals surface area contributed by atoms with Crippen LogP contribution in [0.5, 0.6) is 17.4 Å². The van der Waals surface area contributed by atoms with Crippen LogP contribution in [0, 0.1) is 0 Å². The highest BCUT2D eigenvalue weighted by molar-refractivity contribution is 5.73. The van der Waals surface area contributed by atoms with Crippen LogP contribution in [0.25, 0.3) is 11.3 Å². The van der Waals surface area contributed by atoms with Crippen molar-refractivity contribution in [2.75, 3.05) is 19.5 Å². The zero-order chi connectivity index (χ0) is 21.6. The van der Waals surface area contributed by atoms with E-state index in [4.69, 9.17) is 9.47 Å². The third-order valence-corrected chi connectivity index (χ3v) is 4.36. The van der Waals surface area contributed by atoms with Crippen molar-refractivity contribution in [1.29, 1.82) is 0 Å². The molecule has 2 rings (SSSR count). The lowest BCUT2D eigenvalue weighted by Crippen LogP contribution is -2.17. The number of methoxy groups -OCH3 is 1. The lowest BCUT2D eigenvalue weighted by molar-refractivity contribution is -0.274. The Morgan fingerprint density at radius 3 is 2.31 bits per heavy atom. The van der Waals surface area contributed by atoms with Crippen molar-refractivity contribution < 1.29 is 27.4 Å². The second-order valence-corrected chi connectivity index (χ2v) is 6.24. The number of halogens is 3. The van der Waals surface area contributed by atoms with Gasteiger partial charge in [0.2, 0.25) is 0 Å². The van der Waals surface area contributed by atoms with E-state index in [0.717, 1.165) is 12.8 Å². The highest BCUT2D eigenvalue weighted by atomic mass is 19.4. The van der Waals surface area contributed by atoms with Crippen LogP contribution in [0.4, 0.5) is 19.0 Å². The van der Waals surface area contributed by atoms with E-state index >= 15 is 0 Å². The SMILES string of the molecule is CCc1nc(OC(CC)CC)c(NC)nc1-c1cc(OC(F)(F)F)ccc1OC. The molecule has 1 aromatic carbocycles. The van der Waals surface area contributed by atoms with Gasteiger partial charge in [0.25, 0.3) is 5.88 Å². The monoisotopic (exact) mass is 413 g/mol. The molecule has 160 valence electrons. The van der Waals surface area contributed by atoms with Crippen molar-refractivity contribution in [3.63, 3.8) is 0 Å². The summed E-state index contributed by atoms with van der Waals surface area (Å²) < 4.78 is 53.3. The first kappa shape index (κ1) is 22.6. The minimum absolute atomic E-state index is 0.00925. The van der Waals surface area contributed by atoms with Gasteiger partial charge in [-0.1, -0.05) is 20.8 Å². The summed E-state index contributed by atoms with van der Waals surface area (Å²) in [6.45, 7) is 5.93. The number of benzene rings is 1. The van der Waals surface area contributed by atoms with Crippen molar-refractivity contribution in [1.82, 2.24) is 9.97 Å². The van der Waals surface area contributed by atoms with Gasteiger partial charge in [-0.2, -0.15) is 0 Å². The quantitative estimate of drug-likeness (QED) is 0.608. The Morgan fingerprint density at radius 1 is 1.10 bits per heavy atom. The van der Waals surface area contributed by atoms with Crippen LogP contribution in [0.15, 0.2) is 18.2 Å². The topological polar surface area (TPSA) is 65.5 Å². The summed E-state index contributed by atoms with van der Waals surface area (Å²) in [7, 11) is 3.12. The predicted molar refractivity (Wildman–Crippen MR) is 105 cm³/mol. The fourth-order valence-electron chi connectivity index (χ4n) is 2.84. The van der Waals surface area contributed by atoms with E-state index < -0.39 is 6.36 Å². The summed E-state index contributed by atoms with van der Waals surface area (Å²) >= 11 is 0. The Morgan fingerprint density at radius 2 is 1.79 bits per heavy atom. The molecule has 6 nitrogen and oxygen atoms in total. The Hall–Kier alpha value is -2.71. The average molecular weight is 413 g/mol. The molecule has 1 N–H and O–H groups in total. The summed E-state index contributed by atoms with van der Waals surface area (Å²) in [4.78, 5) is 9.17. The molecular formula is C20H26F3N3O3. The number of hydrogen-bond acceptors (Lipinski definition) is 6. The Kier molecular flexibility index (Phi) is 7.53. The third-order valence-electron chi connectivity index (χ3n) is 4.36. The van der Waals surface area contributed by atoms with Crippen LogP contribution in [0.1, 0.15) is 39.3 Å². The van der Waals surface area contributed by atoms with Gasteiger partial charge in [-0.05, 0) is 37.5 Å². The molecule has 0 saturated carbocycles. The van der Waals surface area contributed by atoms with Crippen molar-refractivity contribution in [3.8, 4) is 28.6 Å². The number of nitrogens with one attached hydrogen (secondary N) is 1. The Balaban J connectivity index is 2.59. The second-order valence-electron chi connectivity index (χ2n) is 6.24. The molecule has 9 heteroatoms.